The van der Waals surface area contributed by atoms with Gasteiger partial charge < -0.3 is 19.2 Å². The Labute approximate surface area is 158 Å². The molecule has 7 heteroatoms. The topological polar surface area (TPSA) is 77.6 Å². The predicted molar refractivity (Wildman–Crippen MR) is 102 cm³/mol. The van der Waals surface area contributed by atoms with E-state index in [1.54, 1.807) is 43.5 Å². The number of nitrogens with one attached hydrogen (secondary N) is 1. The highest BCUT2D eigenvalue weighted by molar-refractivity contribution is 7.07. The fraction of sp³-hybridized carbons (Fsp3) is 0.100. The van der Waals surface area contributed by atoms with Gasteiger partial charge in [-0.05, 0) is 48.0 Å². The molecule has 0 atom stereocenters. The second-order valence-electron chi connectivity index (χ2n) is 5.78. The molecule has 1 N–H and O–H groups in total. The van der Waals surface area contributed by atoms with Crippen molar-refractivity contribution < 1.29 is 19.0 Å². The quantitative estimate of drug-likeness (QED) is 0.696. The van der Waals surface area contributed by atoms with E-state index in [0.717, 1.165) is 5.56 Å². The maximum atomic E-state index is 12.4. The highest BCUT2D eigenvalue weighted by atomic mass is 32.1. The summed E-state index contributed by atoms with van der Waals surface area (Å²) in [5.74, 6) is 1.83. The number of methoxy groups -OCH3 is 1. The summed E-state index contributed by atoms with van der Waals surface area (Å²) in [6, 6.07) is 12.3. The highest BCUT2D eigenvalue weighted by Gasteiger charge is 2.12. The minimum Gasteiger partial charge on any atom is -0.497 e. The number of fused-ring (bicyclic) bond motifs is 1. The van der Waals surface area contributed by atoms with Gasteiger partial charge in [-0.25, -0.2) is 0 Å². The molecule has 0 spiro atoms. The van der Waals surface area contributed by atoms with Crippen LogP contribution in [0.1, 0.15) is 15.9 Å². The van der Waals surface area contributed by atoms with Crippen LogP contribution in [-0.2, 0) is 0 Å². The molecular formula is C20H15NO5S. The summed E-state index contributed by atoms with van der Waals surface area (Å²) in [6.45, 7) is 0.199. The lowest BCUT2D eigenvalue weighted by atomic mass is 10.1. The second kappa shape index (κ2) is 7.13. The number of rotatable bonds is 4. The van der Waals surface area contributed by atoms with E-state index in [9.17, 15) is 9.59 Å². The van der Waals surface area contributed by atoms with Crippen LogP contribution in [-0.4, -0.2) is 24.7 Å². The first-order valence-electron chi connectivity index (χ1n) is 8.13. The molecule has 1 aromatic heterocycles. The molecule has 0 radical (unpaired) electrons. The third-order valence-electron chi connectivity index (χ3n) is 4.01. The number of ether oxygens (including phenoxy) is 3. The Balaban J connectivity index is 1.65. The lowest BCUT2D eigenvalue weighted by molar-refractivity contribution is 0.106. The average molecular weight is 381 g/mol. The van der Waals surface area contributed by atoms with E-state index in [-0.39, 0.29) is 18.1 Å². The molecule has 1 aliphatic rings. The standard InChI is InChI=1S/C20H15NO5S/c1-24-14-5-3-13(4-6-14)15(22)10-19-21-20(23)18(27-19)9-12-2-7-16-17(8-12)26-11-25-16/h2-10H,11H2,1H3,(H,21,23)/b18-9-,19-10-. The molecule has 136 valence electrons. The summed E-state index contributed by atoms with van der Waals surface area (Å²) in [6.07, 6.45) is 3.17. The van der Waals surface area contributed by atoms with E-state index < -0.39 is 0 Å². The maximum absolute atomic E-state index is 12.4. The normalized spacial score (nSPS) is 13.8. The molecule has 4 rings (SSSR count). The molecule has 0 unspecified atom stereocenters. The smallest absolute Gasteiger partial charge is 0.266 e. The van der Waals surface area contributed by atoms with Crippen molar-refractivity contribution in [1.82, 2.24) is 4.98 Å². The summed E-state index contributed by atoms with van der Waals surface area (Å²) >= 11 is 1.22. The first-order valence-corrected chi connectivity index (χ1v) is 8.95. The Hall–Kier alpha value is -3.32. The number of hydrogen-bond acceptors (Lipinski definition) is 6. The Morgan fingerprint density at radius 1 is 1.15 bits per heavy atom. The van der Waals surface area contributed by atoms with Crippen molar-refractivity contribution in [3.05, 3.63) is 73.1 Å². The van der Waals surface area contributed by atoms with E-state index in [1.807, 2.05) is 12.1 Å². The van der Waals surface area contributed by atoms with Crippen molar-refractivity contribution in [2.24, 2.45) is 0 Å². The van der Waals surface area contributed by atoms with Crippen LogP contribution in [0.15, 0.2) is 47.3 Å². The average Bonchev–Trinajstić information content (AvgIpc) is 3.28. The van der Waals surface area contributed by atoms with E-state index in [4.69, 9.17) is 14.2 Å². The van der Waals surface area contributed by atoms with Crippen molar-refractivity contribution >= 4 is 29.3 Å². The van der Waals surface area contributed by atoms with Crippen molar-refractivity contribution in [3.8, 4) is 17.2 Å². The molecule has 2 aromatic carbocycles. The number of benzene rings is 2. The summed E-state index contributed by atoms with van der Waals surface area (Å²) in [7, 11) is 1.57. The molecule has 3 aromatic rings. The first kappa shape index (κ1) is 17.1. The van der Waals surface area contributed by atoms with E-state index in [2.05, 4.69) is 4.98 Å². The molecule has 6 nitrogen and oxygen atoms in total. The second-order valence-corrected chi connectivity index (χ2v) is 6.86. The van der Waals surface area contributed by atoms with Crippen molar-refractivity contribution in [2.75, 3.05) is 13.9 Å². The number of Topliss-reactive ketones (excluding diaryl/α,β-unsaturated/α-hetero) is 1. The van der Waals surface area contributed by atoms with Gasteiger partial charge in [0.05, 0.1) is 16.3 Å². The van der Waals surface area contributed by atoms with Crippen LogP contribution in [0.2, 0.25) is 0 Å². The van der Waals surface area contributed by atoms with Gasteiger partial charge in [0.1, 0.15) is 5.75 Å². The summed E-state index contributed by atoms with van der Waals surface area (Å²) in [4.78, 5) is 27.3. The monoisotopic (exact) mass is 381 g/mol. The molecule has 0 bridgehead atoms. The van der Waals surface area contributed by atoms with Gasteiger partial charge in [0.2, 0.25) is 6.79 Å². The highest BCUT2D eigenvalue weighted by Crippen LogP contribution is 2.32. The zero-order chi connectivity index (χ0) is 18.8. The molecule has 0 saturated carbocycles. The van der Waals surface area contributed by atoms with Crippen LogP contribution in [0.3, 0.4) is 0 Å². The fourth-order valence-electron chi connectivity index (χ4n) is 2.64. The minimum absolute atomic E-state index is 0.190. The SMILES string of the molecule is COc1ccc(C(=O)/C=c2/[nH]c(=O)/c(=C/c3ccc4c(c3)OCO4)s2)cc1. The van der Waals surface area contributed by atoms with Crippen LogP contribution >= 0.6 is 11.3 Å². The zero-order valence-corrected chi connectivity index (χ0v) is 15.2. The Morgan fingerprint density at radius 3 is 2.70 bits per heavy atom. The summed E-state index contributed by atoms with van der Waals surface area (Å²) in [5.41, 5.74) is 1.09. The van der Waals surface area contributed by atoms with Gasteiger partial charge in [-0.15, -0.1) is 11.3 Å². The summed E-state index contributed by atoms with van der Waals surface area (Å²) in [5, 5.41) is 0. The molecule has 2 heterocycles. The Morgan fingerprint density at radius 2 is 1.93 bits per heavy atom. The predicted octanol–water partition coefficient (Wildman–Crippen LogP) is 1.67. The van der Waals surface area contributed by atoms with Crippen molar-refractivity contribution in [1.29, 1.82) is 0 Å². The molecule has 27 heavy (non-hydrogen) atoms. The lowest BCUT2D eigenvalue weighted by Crippen LogP contribution is -2.20. The molecule has 0 amide bonds. The van der Waals surface area contributed by atoms with Gasteiger partial charge in [-0.3, -0.25) is 9.59 Å². The van der Waals surface area contributed by atoms with Gasteiger partial charge in [0, 0.05) is 11.6 Å². The summed E-state index contributed by atoms with van der Waals surface area (Å²) < 4.78 is 16.7. The molecular weight excluding hydrogens is 366 g/mol. The maximum Gasteiger partial charge on any atom is 0.266 e. The van der Waals surface area contributed by atoms with Gasteiger partial charge in [0.25, 0.3) is 5.56 Å². The fourth-order valence-corrected chi connectivity index (χ4v) is 3.52. The number of aromatic nitrogens is 1. The van der Waals surface area contributed by atoms with Crippen LogP contribution in [0.25, 0.3) is 12.2 Å². The first-order chi connectivity index (χ1) is 13.1. The van der Waals surface area contributed by atoms with Crippen LogP contribution < -0.4 is 29.0 Å². The number of carbonyl (C=O) groups excluding carboxylic acids is 1. The van der Waals surface area contributed by atoms with E-state index in [1.165, 1.54) is 17.4 Å². The largest absolute Gasteiger partial charge is 0.497 e. The van der Waals surface area contributed by atoms with Crippen LogP contribution in [0.4, 0.5) is 0 Å². The molecule has 1 aliphatic heterocycles. The van der Waals surface area contributed by atoms with Gasteiger partial charge in [-0.1, -0.05) is 6.07 Å². The van der Waals surface area contributed by atoms with Gasteiger partial charge in [0.15, 0.2) is 17.3 Å². The number of thiazole rings is 1. The third-order valence-corrected chi connectivity index (χ3v) is 4.97. The third kappa shape index (κ3) is 3.63. The Kier molecular flexibility index (Phi) is 4.52. The van der Waals surface area contributed by atoms with Crippen LogP contribution in [0.5, 0.6) is 17.2 Å². The van der Waals surface area contributed by atoms with Crippen LogP contribution in [0, 0.1) is 0 Å². The number of hydrogen-bond donors (Lipinski definition) is 1. The van der Waals surface area contributed by atoms with Crippen molar-refractivity contribution in [3.63, 3.8) is 0 Å². The number of H-pyrrole nitrogens is 1. The van der Waals surface area contributed by atoms with Gasteiger partial charge >= 0.3 is 0 Å². The zero-order valence-electron chi connectivity index (χ0n) is 14.4. The van der Waals surface area contributed by atoms with Gasteiger partial charge in [-0.2, -0.15) is 0 Å². The number of aromatic amines is 1. The Bertz CT molecular complexity index is 1170. The van der Waals surface area contributed by atoms with Crippen molar-refractivity contribution in [2.45, 2.75) is 0 Å². The minimum atomic E-state index is -0.244. The lowest BCUT2D eigenvalue weighted by Gasteiger charge is -1.99. The number of carbonyl (C=O) groups is 1. The van der Waals surface area contributed by atoms with E-state index in [0.29, 0.717) is 32.0 Å². The molecule has 0 saturated heterocycles. The molecule has 0 fully saturated rings. The number of ketones is 1. The van der Waals surface area contributed by atoms with E-state index >= 15 is 0 Å². The molecule has 0 aliphatic carbocycles.